The monoisotopic (exact) mass is 436 g/mol. The standard InChI is InChI=1S/C20H16F4N4OS/c1-2-10-28-18(29)17(25-16-5-3-4-14(11-16)20(22,23)24)26-27-19(28)30-12-13-6-8-15(21)9-7-13/h2-9,11H,1,10,12H2,(H,25,26). The lowest BCUT2D eigenvalue weighted by Crippen LogP contribution is -2.26. The smallest absolute Gasteiger partial charge is 0.334 e. The molecule has 156 valence electrons. The summed E-state index contributed by atoms with van der Waals surface area (Å²) in [7, 11) is 0. The van der Waals surface area contributed by atoms with Crippen molar-refractivity contribution in [2.24, 2.45) is 0 Å². The van der Waals surface area contributed by atoms with Gasteiger partial charge in [0.2, 0.25) is 5.82 Å². The molecule has 10 heteroatoms. The molecule has 3 rings (SSSR count). The third kappa shape index (κ3) is 5.26. The average Bonchev–Trinajstić information content (AvgIpc) is 2.71. The lowest BCUT2D eigenvalue weighted by atomic mass is 10.2. The second-order valence-electron chi connectivity index (χ2n) is 6.15. The minimum atomic E-state index is -4.51. The highest BCUT2D eigenvalue weighted by atomic mass is 32.2. The predicted octanol–water partition coefficient (Wildman–Crippen LogP) is 5.02. The van der Waals surface area contributed by atoms with Crippen molar-refractivity contribution < 1.29 is 17.6 Å². The van der Waals surface area contributed by atoms with Crippen molar-refractivity contribution >= 4 is 23.3 Å². The van der Waals surface area contributed by atoms with Gasteiger partial charge in [0.05, 0.1) is 5.56 Å². The van der Waals surface area contributed by atoms with Crippen molar-refractivity contribution in [1.29, 1.82) is 0 Å². The van der Waals surface area contributed by atoms with E-state index in [-0.39, 0.29) is 23.9 Å². The summed E-state index contributed by atoms with van der Waals surface area (Å²) in [6.07, 6.45) is -3.01. The lowest BCUT2D eigenvalue weighted by molar-refractivity contribution is -0.137. The van der Waals surface area contributed by atoms with Crippen LogP contribution in [-0.4, -0.2) is 14.8 Å². The predicted molar refractivity (Wildman–Crippen MR) is 107 cm³/mol. The Hall–Kier alpha value is -3.14. The second kappa shape index (κ2) is 9.12. The van der Waals surface area contributed by atoms with E-state index in [1.165, 1.54) is 46.7 Å². The van der Waals surface area contributed by atoms with Crippen LogP contribution in [0.3, 0.4) is 0 Å². The van der Waals surface area contributed by atoms with Crippen LogP contribution in [-0.2, 0) is 18.5 Å². The fourth-order valence-corrected chi connectivity index (χ4v) is 3.42. The molecule has 3 aromatic rings. The molecule has 0 saturated carbocycles. The van der Waals surface area contributed by atoms with Gasteiger partial charge < -0.3 is 5.32 Å². The minimum Gasteiger partial charge on any atom is -0.334 e. The summed E-state index contributed by atoms with van der Waals surface area (Å²) >= 11 is 1.22. The zero-order valence-electron chi connectivity index (χ0n) is 15.5. The summed E-state index contributed by atoms with van der Waals surface area (Å²) in [6, 6.07) is 10.4. The van der Waals surface area contributed by atoms with E-state index in [1.807, 2.05) is 0 Å². The van der Waals surface area contributed by atoms with E-state index in [1.54, 1.807) is 12.1 Å². The number of hydrogen-bond donors (Lipinski definition) is 1. The van der Waals surface area contributed by atoms with Gasteiger partial charge in [-0.2, -0.15) is 13.2 Å². The highest BCUT2D eigenvalue weighted by Crippen LogP contribution is 2.31. The van der Waals surface area contributed by atoms with Gasteiger partial charge in [-0.15, -0.1) is 16.8 Å². The zero-order chi connectivity index (χ0) is 21.7. The Morgan fingerprint density at radius 3 is 2.53 bits per heavy atom. The second-order valence-corrected chi connectivity index (χ2v) is 7.10. The molecule has 0 radical (unpaired) electrons. The van der Waals surface area contributed by atoms with E-state index in [9.17, 15) is 22.4 Å². The number of alkyl halides is 3. The molecule has 0 fully saturated rings. The Balaban J connectivity index is 1.85. The molecule has 1 heterocycles. The topological polar surface area (TPSA) is 59.8 Å². The number of thioether (sulfide) groups is 1. The van der Waals surface area contributed by atoms with Crippen LogP contribution in [0.4, 0.5) is 29.1 Å². The number of hydrogen-bond acceptors (Lipinski definition) is 5. The summed E-state index contributed by atoms with van der Waals surface area (Å²) < 4.78 is 53.0. The lowest BCUT2D eigenvalue weighted by Gasteiger charge is -2.13. The van der Waals surface area contributed by atoms with Crippen LogP contribution in [0.5, 0.6) is 0 Å². The number of aromatic nitrogens is 3. The molecule has 0 aliphatic rings. The van der Waals surface area contributed by atoms with Crippen molar-refractivity contribution in [3.05, 3.63) is 88.5 Å². The molecule has 0 bridgehead atoms. The van der Waals surface area contributed by atoms with Crippen molar-refractivity contribution in [3.8, 4) is 0 Å². The summed E-state index contributed by atoms with van der Waals surface area (Å²) in [4.78, 5) is 12.8. The van der Waals surface area contributed by atoms with Gasteiger partial charge in [0.25, 0.3) is 5.56 Å². The fraction of sp³-hybridized carbons (Fsp3) is 0.150. The summed E-state index contributed by atoms with van der Waals surface area (Å²) in [5.74, 6) is -0.134. The van der Waals surface area contributed by atoms with E-state index in [0.717, 1.165) is 17.7 Å². The number of benzene rings is 2. The maximum Gasteiger partial charge on any atom is 0.416 e. The molecule has 2 aromatic carbocycles. The molecule has 5 nitrogen and oxygen atoms in total. The normalized spacial score (nSPS) is 11.3. The van der Waals surface area contributed by atoms with Crippen LogP contribution in [0.1, 0.15) is 11.1 Å². The number of halogens is 4. The quantitative estimate of drug-likeness (QED) is 0.320. The van der Waals surface area contributed by atoms with Gasteiger partial charge >= 0.3 is 6.18 Å². The Kier molecular flexibility index (Phi) is 6.56. The van der Waals surface area contributed by atoms with Crippen LogP contribution in [0.2, 0.25) is 0 Å². The Morgan fingerprint density at radius 1 is 1.13 bits per heavy atom. The van der Waals surface area contributed by atoms with Crippen molar-refractivity contribution in [2.45, 2.75) is 23.6 Å². The highest BCUT2D eigenvalue weighted by Gasteiger charge is 2.30. The number of rotatable bonds is 7. The Labute approximate surface area is 173 Å². The molecule has 0 aliphatic heterocycles. The van der Waals surface area contributed by atoms with Gasteiger partial charge in [-0.25, -0.2) is 4.39 Å². The largest absolute Gasteiger partial charge is 0.416 e. The SMILES string of the molecule is C=CCn1c(SCc2ccc(F)cc2)nnc(Nc2cccc(C(F)(F)F)c2)c1=O. The minimum absolute atomic E-state index is 0.0630. The van der Waals surface area contributed by atoms with Gasteiger partial charge in [0.1, 0.15) is 5.82 Å². The molecule has 0 atom stereocenters. The molecular formula is C20H16F4N4OS. The van der Waals surface area contributed by atoms with Crippen LogP contribution in [0.15, 0.2) is 71.1 Å². The third-order valence-corrected chi connectivity index (χ3v) is 5.00. The average molecular weight is 436 g/mol. The molecule has 0 unspecified atom stereocenters. The Morgan fingerprint density at radius 2 is 1.87 bits per heavy atom. The molecule has 0 saturated heterocycles. The van der Waals surface area contributed by atoms with Crippen molar-refractivity contribution in [2.75, 3.05) is 5.32 Å². The number of allylic oxidation sites excluding steroid dienone is 1. The molecule has 0 amide bonds. The van der Waals surface area contributed by atoms with Crippen LogP contribution in [0.25, 0.3) is 0 Å². The Bertz CT molecular complexity index is 1100. The first-order valence-corrected chi connectivity index (χ1v) is 9.66. The van der Waals surface area contributed by atoms with E-state index in [2.05, 4.69) is 22.1 Å². The summed E-state index contributed by atoms with van der Waals surface area (Å²) in [5.41, 5.74) is -0.512. The van der Waals surface area contributed by atoms with Crippen LogP contribution < -0.4 is 10.9 Å². The van der Waals surface area contributed by atoms with Crippen LogP contribution in [0, 0.1) is 5.82 Å². The fourth-order valence-electron chi connectivity index (χ4n) is 2.52. The molecule has 1 aromatic heterocycles. The number of nitrogens with one attached hydrogen (secondary N) is 1. The van der Waals surface area contributed by atoms with Crippen molar-refractivity contribution in [3.63, 3.8) is 0 Å². The van der Waals surface area contributed by atoms with Crippen LogP contribution >= 0.6 is 11.8 Å². The maximum absolute atomic E-state index is 13.0. The highest BCUT2D eigenvalue weighted by molar-refractivity contribution is 7.98. The first-order chi connectivity index (χ1) is 14.3. The number of nitrogens with zero attached hydrogens (tertiary/aromatic N) is 3. The molecular weight excluding hydrogens is 420 g/mol. The molecule has 1 N–H and O–H groups in total. The van der Waals surface area contributed by atoms with Crippen molar-refractivity contribution in [1.82, 2.24) is 14.8 Å². The zero-order valence-corrected chi connectivity index (χ0v) is 16.3. The van der Waals surface area contributed by atoms with E-state index >= 15 is 0 Å². The first-order valence-electron chi connectivity index (χ1n) is 8.68. The van der Waals surface area contributed by atoms with E-state index in [4.69, 9.17) is 0 Å². The maximum atomic E-state index is 13.0. The van der Waals surface area contributed by atoms with Gasteiger partial charge in [-0.3, -0.25) is 9.36 Å². The third-order valence-electron chi connectivity index (χ3n) is 3.96. The molecule has 0 spiro atoms. The summed E-state index contributed by atoms with van der Waals surface area (Å²) in [6.45, 7) is 3.75. The van der Waals surface area contributed by atoms with Gasteiger partial charge in [-0.05, 0) is 35.9 Å². The van der Waals surface area contributed by atoms with E-state index < -0.39 is 17.3 Å². The summed E-state index contributed by atoms with van der Waals surface area (Å²) in [5, 5.41) is 10.8. The van der Waals surface area contributed by atoms with Gasteiger partial charge in [0, 0.05) is 18.0 Å². The van der Waals surface area contributed by atoms with E-state index in [0.29, 0.717) is 10.9 Å². The molecule has 0 aliphatic carbocycles. The first kappa shape index (κ1) is 21.6. The van der Waals surface area contributed by atoms with Gasteiger partial charge in [0.15, 0.2) is 5.16 Å². The molecule has 30 heavy (non-hydrogen) atoms. The van der Waals surface area contributed by atoms with Gasteiger partial charge in [-0.1, -0.05) is 36.0 Å². The number of anilines is 2.